The zero-order valence-corrected chi connectivity index (χ0v) is 10.7. The normalized spacial score (nSPS) is 10.4. The first-order chi connectivity index (χ1) is 7.66. The molecule has 3 N–H and O–H groups in total. The molecule has 2 aromatic rings. The van der Waals surface area contributed by atoms with Gasteiger partial charge in [0.1, 0.15) is 5.82 Å². The van der Waals surface area contributed by atoms with Crippen LogP contribution in [0.1, 0.15) is 4.88 Å². The summed E-state index contributed by atoms with van der Waals surface area (Å²) in [5.41, 5.74) is 7.26. The molecule has 0 atom stereocenters. The molecule has 16 heavy (non-hydrogen) atoms. The van der Waals surface area contributed by atoms with Crippen LogP contribution >= 0.6 is 27.3 Å². The number of rotatable bonds is 3. The maximum atomic E-state index is 13.2. The number of halogens is 2. The Kier molecular flexibility index (Phi) is 3.46. The summed E-state index contributed by atoms with van der Waals surface area (Å²) >= 11 is 4.70. The minimum atomic E-state index is -0.274. The number of nitrogen functional groups attached to an aromatic ring is 1. The van der Waals surface area contributed by atoms with Gasteiger partial charge in [-0.2, -0.15) is 0 Å². The number of thiophene rings is 1. The molecule has 2 nitrogen and oxygen atoms in total. The fraction of sp³-hybridized carbons (Fsp3) is 0.0909. The van der Waals surface area contributed by atoms with Crippen molar-refractivity contribution in [2.45, 2.75) is 6.54 Å². The van der Waals surface area contributed by atoms with E-state index in [1.54, 1.807) is 17.4 Å². The van der Waals surface area contributed by atoms with E-state index in [0.29, 0.717) is 11.0 Å². The van der Waals surface area contributed by atoms with Crippen LogP contribution in [0.4, 0.5) is 15.8 Å². The van der Waals surface area contributed by atoms with Crippen molar-refractivity contribution >= 4 is 38.6 Å². The second-order valence-electron chi connectivity index (χ2n) is 3.28. The van der Waals surface area contributed by atoms with Crippen molar-refractivity contribution in [2.24, 2.45) is 0 Å². The van der Waals surface area contributed by atoms with Crippen molar-refractivity contribution in [3.63, 3.8) is 0 Å². The topological polar surface area (TPSA) is 38.0 Å². The predicted molar refractivity (Wildman–Crippen MR) is 70.2 cm³/mol. The number of hydrogen-bond acceptors (Lipinski definition) is 3. The van der Waals surface area contributed by atoms with Gasteiger partial charge in [-0.05, 0) is 45.6 Å². The Labute approximate surface area is 105 Å². The molecule has 0 spiro atoms. The maximum Gasteiger partial charge on any atom is 0.139 e. The van der Waals surface area contributed by atoms with Crippen molar-refractivity contribution in [2.75, 3.05) is 11.1 Å². The van der Waals surface area contributed by atoms with Crippen molar-refractivity contribution in [1.82, 2.24) is 0 Å². The number of hydrogen-bond donors (Lipinski definition) is 2. The lowest BCUT2D eigenvalue weighted by molar-refractivity contribution is 0.621. The molecule has 0 saturated heterocycles. The molecule has 0 aliphatic heterocycles. The largest absolute Gasteiger partial charge is 0.398 e. The summed E-state index contributed by atoms with van der Waals surface area (Å²) in [4.78, 5) is 1.06. The van der Waals surface area contributed by atoms with Crippen LogP contribution in [0, 0.1) is 5.82 Å². The van der Waals surface area contributed by atoms with Gasteiger partial charge in [-0.3, -0.25) is 0 Å². The Morgan fingerprint density at radius 3 is 2.81 bits per heavy atom. The van der Waals surface area contributed by atoms with Gasteiger partial charge in [0.2, 0.25) is 0 Å². The van der Waals surface area contributed by atoms with Crippen LogP contribution in [-0.4, -0.2) is 0 Å². The summed E-state index contributed by atoms with van der Waals surface area (Å²) in [7, 11) is 0. The summed E-state index contributed by atoms with van der Waals surface area (Å²) in [6.45, 7) is 0.616. The number of anilines is 2. The molecule has 84 valence electrons. The molecule has 0 aliphatic rings. The van der Waals surface area contributed by atoms with Gasteiger partial charge in [0.05, 0.1) is 11.0 Å². The standard InChI is InChI=1S/C11H10BrFN2S/c12-8-2-1-7(5-9(8)13)15-6-11-10(14)3-4-16-11/h1-5,15H,6,14H2. The molecule has 0 aliphatic carbocycles. The molecular formula is C11H10BrFN2S. The third-order valence-corrected chi connectivity index (χ3v) is 3.73. The molecule has 0 radical (unpaired) electrons. The Hall–Kier alpha value is -1.07. The van der Waals surface area contributed by atoms with Crippen molar-refractivity contribution in [3.05, 3.63) is 44.8 Å². The van der Waals surface area contributed by atoms with Crippen LogP contribution in [0.25, 0.3) is 0 Å². The van der Waals surface area contributed by atoms with Gasteiger partial charge in [-0.1, -0.05) is 0 Å². The highest BCUT2D eigenvalue weighted by Gasteiger charge is 2.02. The van der Waals surface area contributed by atoms with Crippen molar-refractivity contribution in [1.29, 1.82) is 0 Å². The lowest BCUT2D eigenvalue weighted by Gasteiger charge is -2.06. The monoisotopic (exact) mass is 300 g/mol. The lowest BCUT2D eigenvalue weighted by Crippen LogP contribution is -2.00. The van der Waals surface area contributed by atoms with Gasteiger partial charge in [0, 0.05) is 16.3 Å². The minimum absolute atomic E-state index is 0.274. The highest BCUT2D eigenvalue weighted by Crippen LogP contribution is 2.22. The SMILES string of the molecule is Nc1ccsc1CNc1ccc(Br)c(F)c1. The van der Waals surface area contributed by atoms with E-state index in [1.807, 2.05) is 17.5 Å². The smallest absolute Gasteiger partial charge is 0.139 e. The predicted octanol–water partition coefficient (Wildman–Crippen LogP) is 3.84. The molecule has 5 heteroatoms. The Morgan fingerprint density at radius 2 is 2.19 bits per heavy atom. The number of nitrogens with two attached hydrogens (primary N) is 1. The Bertz CT molecular complexity index is 498. The van der Waals surface area contributed by atoms with E-state index < -0.39 is 0 Å². The second-order valence-corrected chi connectivity index (χ2v) is 5.14. The molecule has 0 bridgehead atoms. The van der Waals surface area contributed by atoms with Crippen LogP contribution in [0.5, 0.6) is 0 Å². The van der Waals surface area contributed by atoms with Gasteiger partial charge in [0.25, 0.3) is 0 Å². The Balaban J connectivity index is 2.05. The van der Waals surface area contributed by atoms with Gasteiger partial charge >= 0.3 is 0 Å². The summed E-state index contributed by atoms with van der Waals surface area (Å²) in [5.74, 6) is -0.274. The van der Waals surface area contributed by atoms with Crippen molar-refractivity contribution in [3.8, 4) is 0 Å². The first-order valence-corrected chi connectivity index (χ1v) is 6.35. The molecule has 1 heterocycles. The van der Waals surface area contributed by atoms with Gasteiger partial charge in [-0.15, -0.1) is 11.3 Å². The molecule has 0 fully saturated rings. The molecular weight excluding hydrogens is 291 g/mol. The number of benzene rings is 1. The van der Waals surface area contributed by atoms with Crippen LogP contribution in [0.2, 0.25) is 0 Å². The first-order valence-electron chi connectivity index (χ1n) is 4.67. The van der Waals surface area contributed by atoms with Crippen molar-refractivity contribution < 1.29 is 4.39 Å². The van der Waals surface area contributed by atoms with Crippen LogP contribution in [0.3, 0.4) is 0 Å². The maximum absolute atomic E-state index is 13.2. The molecule has 1 aromatic heterocycles. The van der Waals surface area contributed by atoms with Gasteiger partial charge < -0.3 is 11.1 Å². The number of nitrogens with one attached hydrogen (secondary N) is 1. The lowest BCUT2D eigenvalue weighted by atomic mass is 10.3. The van der Waals surface area contributed by atoms with E-state index in [4.69, 9.17) is 5.73 Å². The van der Waals surface area contributed by atoms with E-state index in [0.717, 1.165) is 16.3 Å². The molecule has 1 aromatic carbocycles. The van der Waals surface area contributed by atoms with E-state index >= 15 is 0 Å². The second kappa shape index (κ2) is 4.84. The molecule has 2 rings (SSSR count). The zero-order valence-electron chi connectivity index (χ0n) is 8.34. The average Bonchev–Trinajstić information content (AvgIpc) is 2.66. The van der Waals surface area contributed by atoms with E-state index in [1.165, 1.54) is 6.07 Å². The third kappa shape index (κ3) is 2.54. The van der Waals surface area contributed by atoms with Crippen LogP contribution in [-0.2, 0) is 6.54 Å². The van der Waals surface area contributed by atoms with E-state index in [2.05, 4.69) is 21.2 Å². The summed E-state index contributed by atoms with van der Waals surface area (Å²) < 4.78 is 13.7. The summed E-state index contributed by atoms with van der Waals surface area (Å²) in [5, 5.41) is 5.06. The Morgan fingerprint density at radius 1 is 1.38 bits per heavy atom. The fourth-order valence-electron chi connectivity index (χ4n) is 1.28. The quantitative estimate of drug-likeness (QED) is 0.904. The molecule has 0 unspecified atom stereocenters. The average molecular weight is 301 g/mol. The summed E-state index contributed by atoms with van der Waals surface area (Å²) in [6, 6.07) is 6.81. The van der Waals surface area contributed by atoms with E-state index in [-0.39, 0.29) is 5.82 Å². The van der Waals surface area contributed by atoms with Gasteiger partial charge in [-0.25, -0.2) is 4.39 Å². The van der Waals surface area contributed by atoms with E-state index in [9.17, 15) is 4.39 Å². The zero-order chi connectivity index (χ0) is 11.5. The third-order valence-electron chi connectivity index (χ3n) is 2.15. The van der Waals surface area contributed by atoms with Crippen LogP contribution < -0.4 is 11.1 Å². The highest BCUT2D eigenvalue weighted by atomic mass is 79.9. The molecule has 0 amide bonds. The van der Waals surface area contributed by atoms with Gasteiger partial charge in [0.15, 0.2) is 0 Å². The van der Waals surface area contributed by atoms with Crippen LogP contribution in [0.15, 0.2) is 34.1 Å². The highest BCUT2D eigenvalue weighted by molar-refractivity contribution is 9.10. The first kappa shape index (κ1) is 11.4. The minimum Gasteiger partial charge on any atom is -0.398 e. The summed E-state index contributed by atoms with van der Waals surface area (Å²) in [6.07, 6.45) is 0. The fourth-order valence-corrected chi connectivity index (χ4v) is 2.27. The molecule has 0 saturated carbocycles.